The normalized spacial score (nSPS) is 13.8. The number of ether oxygens (including phenoxy) is 3. The summed E-state index contributed by atoms with van der Waals surface area (Å²) in [6.07, 6.45) is -0.0622. The molecule has 10 nitrogen and oxygen atoms in total. The van der Waals surface area contributed by atoms with Crippen LogP contribution in [0.4, 0.5) is 18.0 Å². The number of carbonyl (C=O) groups is 2. The van der Waals surface area contributed by atoms with Crippen molar-refractivity contribution in [1.82, 2.24) is 5.32 Å². The number of nitrogens with one attached hydrogen (secondary N) is 1. The number of hydrogen-bond acceptors (Lipinski definition) is 9. The maximum absolute atomic E-state index is 13.0. The second kappa shape index (κ2) is 13.2. The summed E-state index contributed by atoms with van der Waals surface area (Å²) in [5.41, 5.74) is -6.02. The lowest BCUT2D eigenvalue weighted by molar-refractivity contribution is -0.155. The second-order valence-electron chi connectivity index (χ2n) is 9.42. The van der Waals surface area contributed by atoms with E-state index in [1.807, 2.05) is 0 Å². The van der Waals surface area contributed by atoms with E-state index in [2.05, 4.69) is 9.50 Å². The van der Waals surface area contributed by atoms with Crippen LogP contribution in [0.3, 0.4) is 0 Å². The smallest absolute Gasteiger partial charge is 0.469 e. The summed E-state index contributed by atoms with van der Waals surface area (Å²) in [4.78, 5) is 24.0. The minimum atomic E-state index is -5.97. The zero-order valence-corrected chi connectivity index (χ0v) is 23.0. The van der Waals surface area contributed by atoms with Crippen LogP contribution in [0.15, 0.2) is 41.0 Å². The summed E-state index contributed by atoms with van der Waals surface area (Å²) in [6.45, 7) is 7.88. The van der Waals surface area contributed by atoms with Crippen LogP contribution in [0.2, 0.25) is 0 Å². The maximum atomic E-state index is 13.0. The predicted molar refractivity (Wildman–Crippen MR) is 132 cm³/mol. The third-order valence-electron chi connectivity index (χ3n) is 5.02. The number of alkyl halides is 3. The lowest BCUT2D eigenvalue weighted by Crippen LogP contribution is -2.32. The highest BCUT2D eigenvalue weighted by Gasteiger charge is 2.48. The molecule has 14 heteroatoms. The molecule has 39 heavy (non-hydrogen) atoms. The lowest BCUT2D eigenvalue weighted by Gasteiger charge is -2.21. The zero-order chi connectivity index (χ0) is 29.4. The van der Waals surface area contributed by atoms with Gasteiger partial charge in [-0.2, -0.15) is 21.6 Å². The number of rotatable bonds is 12. The van der Waals surface area contributed by atoms with Gasteiger partial charge in [-0.15, -0.1) is 0 Å². The molecule has 1 aromatic carbocycles. The Morgan fingerprint density at radius 2 is 1.82 bits per heavy atom. The van der Waals surface area contributed by atoms with Crippen LogP contribution in [-0.2, 0) is 42.1 Å². The largest absolute Gasteiger partial charge is 0.534 e. The van der Waals surface area contributed by atoms with Crippen molar-refractivity contribution in [3.05, 3.63) is 53.5 Å². The van der Waals surface area contributed by atoms with E-state index in [1.54, 1.807) is 39.8 Å². The van der Waals surface area contributed by atoms with Gasteiger partial charge in [0.05, 0.1) is 19.5 Å². The Morgan fingerprint density at radius 3 is 2.38 bits per heavy atom. The van der Waals surface area contributed by atoms with E-state index in [0.29, 0.717) is 11.3 Å². The molecule has 2 rings (SSSR count). The molecule has 2 unspecified atom stereocenters. The molecular weight excluding hydrogens is 547 g/mol. The number of hydrogen-bond donors (Lipinski definition) is 1. The third-order valence-corrected chi connectivity index (χ3v) is 5.99. The van der Waals surface area contributed by atoms with Crippen molar-refractivity contribution >= 4 is 22.2 Å². The first-order chi connectivity index (χ1) is 18.0. The lowest BCUT2D eigenvalue weighted by atomic mass is 9.96. The molecule has 2 atom stereocenters. The van der Waals surface area contributed by atoms with Crippen LogP contribution in [0, 0.1) is 0 Å². The summed E-state index contributed by atoms with van der Waals surface area (Å²) in [7, 11) is -5.97. The van der Waals surface area contributed by atoms with E-state index in [0.717, 1.165) is 6.07 Å². The summed E-state index contributed by atoms with van der Waals surface area (Å²) in [6, 6.07) is 7.19. The van der Waals surface area contributed by atoms with Crippen LogP contribution >= 0.6 is 0 Å². The van der Waals surface area contributed by atoms with Gasteiger partial charge in [-0.05, 0) is 64.8 Å². The molecule has 0 bridgehead atoms. The molecule has 1 aromatic heterocycles. The molecule has 0 spiro atoms. The topological polar surface area (TPSA) is 130 Å². The van der Waals surface area contributed by atoms with Crippen molar-refractivity contribution in [3.8, 4) is 5.75 Å². The Bertz CT molecular complexity index is 1210. The van der Waals surface area contributed by atoms with Crippen LogP contribution in [-0.4, -0.2) is 50.9 Å². The molecule has 0 saturated heterocycles. The highest BCUT2D eigenvalue weighted by molar-refractivity contribution is 7.88. The number of benzene rings is 1. The van der Waals surface area contributed by atoms with E-state index in [-0.39, 0.29) is 25.2 Å². The molecule has 1 heterocycles. The van der Waals surface area contributed by atoms with Crippen molar-refractivity contribution in [3.63, 3.8) is 0 Å². The SMILES string of the molecule is CCOC(=O)C(C)OCC(Cc1ccc(OS(=O)(=O)C(F)(F)F)c(CNC(=O)OC(C)(C)C)c1)c1ccco1. The van der Waals surface area contributed by atoms with Crippen molar-refractivity contribution < 1.29 is 54.0 Å². The van der Waals surface area contributed by atoms with Crippen LogP contribution < -0.4 is 9.50 Å². The number of esters is 1. The first-order valence-corrected chi connectivity index (χ1v) is 13.3. The molecule has 0 aliphatic rings. The number of alkyl carbamates (subject to hydrolysis) is 1. The maximum Gasteiger partial charge on any atom is 0.534 e. The van der Waals surface area contributed by atoms with Gasteiger partial charge in [0.25, 0.3) is 0 Å². The average molecular weight is 580 g/mol. The van der Waals surface area contributed by atoms with Gasteiger partial charge in [-0.1, -0.05) is 12.1 Å². The van der Waals surface area contributed by atoms with Gasteiger partial charge in [-0.25, -0.2) is 9.59 Å². The molecule has 0 aliphatic carbocycles. The van der Waals surface area contributed by atoms with E-state index in [4.69, 9.17) is 18.6 Å². The molecule has 0 radical (unpaired) electrons. The molecule has 0 aliphatic heterocycles. The van der Waals surface area contributed by atoms with Crippen molar-refractivity contribution in [2.45, 2.75) is 70.7 Å². The van der Waals surface area contributed by atoms with Crippen molar-refractivity contribution in [1.29, 1.82) is 0 Å². The minimum absolute atomic E-state index is 0.0275. The minimum Gasteiger partial charge on any atom is -0.469 e. The van der Waals surface area contributed by atoms with Crippen molar-refractivity contribution in [2.24, 2.45) is 0 Å². The molecule has 1 amide bonds. The summed E-state index contributed by atoms with van der Waals surface area (Å²) in [5.74, 6) is -1.08. The van der Waals surface area contributed by atoms with Crippen LogP contribution in [0.5, 0.6) is 5.75 Å². The highest BCUT2D eigenvalue weighted by Crippen LogP contribution is 2.31. The average Bonchev–Trinajstić information content (AvgIpc) is 3.34. The first kappa shape index (κ1) is 32.0. The van der Waals surface area contributed by atoms with Gasteiger partial charge in [0.1, 0.15) is 17.1 Å². The first-order valence-electron chi connectivity index (χ1n) is 11.9. The Labute approximate surface area is 224 Å². The Balaban J connectivity index is 2.32. The Hall–Kier alpha value is -3.26. The molecule has 1 N–H and O–H groups in total. The predicted octanol–water partition coefficient (Wildman–Crippen LogP) is 4.83. The standard InChI is InChI=1S/C25H32F3NO9S/c1-6-34-22(30)16(2)36-15-19(20-8-7-11-35-20)13-17-9-10-21(38-39(32,33)25(26,27)28)18(12-17)14-29-23(31)37-24(3,4)5/h7-12,16,19H,6,13-15H2,1-5H3,(H,29,31). The van der Waals surface area contributed by atoms with Gasteiger partial charge < -0.3 is 28.1 Å². The summed E-state index contributed by atoms with van der Waals surface area (Å²) >= 11 is 0. The van der Waals surface area contributed by atoms with Crippen LogP contribution in [0.25, 0.3) is 0 Å². The summed E-state index contributed by atoms with van der Waals surface area (Å²) in [5, 5.41) is 2.38. The number of carbonyl (C=O) groups excluding carboxylic acids is 2. The molecule has 0 saturated carbocycles. The fourth-order valence-electron chi connectivity index (χ4n) is 3.26. The molecule has 218 valence electrons. The fraction of sp³-hybridized carbons (Fsp3) is 0.520. The van der Waals surface area contributed by atoms with E-state index < -0.39 is 57.6 Å². The van der Waals surface area contributed by atoms with E-state index in [1.165, 1.54) is 25.3 Å². The number of amides is 1. The van der Waals surface area contributed by atoms with E-state index in [9.17, 15) is 31.2 Å². The Morgan fingerprint density at radius 1 is 1.13 bits per heavy atom. The van der Waals surface area contributed by atoms with E-state index >= 15 is 0 Å². The van der Waals surface area contributed by atoms with Gasteiger partial charge in [0.15, 0.2) is 6.10 Å². The monoisotopic (exact) mass is 579 g/mol. The number of furan rings is 1. The van der Waals surface area contributed by atoms with Gasteiger partial charge in [0.2, 0.25) is 0 Å². The van der Waals surface area contributed by atoms with Gasteiger partial charge in [0, 0.05) is 18.0 Å². The van der Waals surface area contributed by atoms with Gasteiger partial charge in [-0.3, -0.25) is 0 Å². The molecule has 0 fully saturated rings. The fourth-order valence-corrected chi connectivity index (χ4v) is 3.76. The zero-order valence-electron chi connectivity index (χ0n) is 22.2. The number of halogens is 3. The second-order valence-corrected chi connectivity index (χ2v) is 11.0. The quantitative estimate of drug-likeness (QED) is 0.213. The molecular formula is C25H32F3NO9S. The third kappa shape index (κ3) is 10.1. The highest BCUT2D eigenvalue weighted by atomic mass is 32.2. The van der Waals surface area contributed by atoms with Crippen LogP contribution in [0.1, 0.15) is 57.4 Å². The van der Waals surface area contributed by atoms with Gasteiger partial charge >= 0.3 is 27.7 Å². The van der Waals surface area contributed by atoms with Crippen molar-refractivity contribution in [2.75, 3.05) is 13.2 Å². The molecule has 2 aromatic rings. The Kier molecular flexibility index (Phi) is 10.8. The summed E-state index contributed by atoms with van der Waals surface area (Å²) < 4.78 is 87.7.